The lowest BCUT2D eigenvalue weighted by Crippen LogP contribution is -2.21. The smallest absolute Gasteiger partial charge is 0.345 e. The molecule has 1 rings (SSSR count). The molecule has 0 radical (unpaired) electrons. The number of nitrogens with zero attached hydrogens (tertiary/aromatic N) is 1. The molecule has 6 heteroatoms. The minimum absolute atomic E-state index is 0.0687. The first-order chi connectivity index (χ1) is 7.54. The Kier molecular flexibility index (Phi) is 4.54. The van der Waals surface area contributed by atoms with Gasteiger partial charge in [0.2, 0.25) is 0 Å². The number of hydrogen-bond donors (Lipinski definition) is 1. The molecule has 1 heterocycles. The van der Waals surface area contributed by atoms with Crippen LogP contribution < -0.4 is 5.56 Å². The van der Waals surface area contributed by atoms with E-state index in [0.717, 1.165) is 0 Å². The summed E-state index contributed by atoms with van der Waals surface area (Å²) in [7, 11) is 1.23. The van der Waals surface area contributed by atoms with Gasteiger partial charge < -0.3 is 9.72 Å². The second-order valence-electron chi connectivity index (χ2n) is 3.42. The number of carbonyl (C=O) groups is 1. The van der Waals surface area contributed by atoms with Gasteiger partial charge in [-0.1, -0.05) is 13.8 Å². The zero-order valence-electron chi connectivity index (χ0n) is 9.44. The maximum absolute atomic E-state index is 11.5. The summed E-state index contributed by atoms with van der Waals surface area (Å²) in [6.45, 7) is 4.12. The molecule has 1 N–H and O–H groups in total. The topological polar surface area (TPSA) is 72.0 Å². The fourth-order valence-corrected chi connectivity index (χ4v) is 1.64. The zero-order chi connectivity index (χ0) is 12.1. The summed E-state index contributed by atoms with van der Waals surface area (Å²) in [5.41, 5.74) is -0.526. The quantitative estimate of drug-likeness (QED) is 0.803. The van der Waals surface area contributed by atoms with Crippen molar-refractivity contribution in [2.24, 2.45) is 0 Å². The molecule has 0 aliphatic carbocycles. The molecular formula is C10H14N2O3S. The SMILES string of the molecule is COC(=O)c1cnc(CSC(C)C)[nH]c1=O. The van der Waals surface area contributed by atoms with Gasteiger partial charge in [-0.15, -0.1) is 0 Å². The Morgan fingerprint density at radius 1 is 1.62 bits per heavy atom. The molecule has 0 unspecified atom stereocenters. The third kappa shape index (κ3) is 3.37. The highest BCUT2D eigenvalue weighted by molar-refractivity contribution is 7.99. The normalized spacial score (nSPS) is 10.5. The number of rotatable bonds is 4. The van der Waals surface area contributed by atoms with Crippen LogP contribution in [0.1, 0.15) is 30.0 Å². The number of esters is 1. The summed E-state index contributed by atoms with van der Waals surface area (Å²) in [5, 5.41) is 0.464. The zero-order valence-corrected chi connectivity index (χ0v) is 10.3. The van der Waals surface area contributed by atoms with E-state index in [-0.39, 0.29) is 5.56 Å². The number of aromatic nitrogens is 2. The number of hydrogen-bond acceptors (Lipinski definition) is 5. The van der Waals surface area contributed by atoms with Gasteiger partial charge in [0.15, 0.2) is 0 Å². The van der Waals surface area contributed by atoms with Crippen molar-refractivity contribution in [3.05, 3.63) is 27.9 Å². The average Bonchev–Trinajstić information content (AvgIpc) is 2.25. The Bertz CT molecular complexity index is 428. The van der Waals surface area contributed by atoms with E-state index in [9.17, 15) is 9.59 Å². The van der Waals surface area contributed by atoms with E-state index in [1.54, 1.807) is 11.8 Å². The maximum Gasteiger partial charge on any atom is 0.345 e. The van der Waals surface area contributed by atoms with E-state index < -0.39 is 11.5 Å². The number of thioether (sulfide) groups is 1. The van der Waals surface area contributed by atoms with Crippen LogP contribution in [-0.2, 0) is 10.5 Å². The standard InChI is InChI=1S/C10H14N2O3S/c1-6(2)16-5-8-11-4-7(9(13)12-8)10(14)15-3/h4,6H,5H2,1-3H3,(H,11,12,13). The highest BCUT2D eigenvalue weighted by Gasteiger charge is 2.11. The number of H-pyrrole nitrogens is 1. The molecule has 0 fully saturated rings. The van der Waals surface area contributed by atoms with Crippen LogP contribution in [0, 0.1) is 0 Å². The van der Waals surface area contributed by atoms with Crippen LogP contribution in [0.4, 0.5) is 0 Å². The fraction of sp³-hybridized carbons (Fsp3) is 0.500. The molecule has 0 spiro atoms. The minimum atomic E-state index is -0.670. The van der Waals surface area contributed by atoms with E-state index in [0.29, 0.717) is 16.8 Å². The highest BCUT2D eigenvalue weighted by atomic mass is 32.2. The van der Waals surface area contributed by atoms with Crippen LogP contribution in [0.25, 0.3) is 0 Å². The molecule has 0 aliphatic rings. The predicted molar refractivity (Wildman–Crippen MR) is 62.6 cm³/mol. The second kappa shape index (κ2) is 5.69. The minimum Gasteiger partial charge on any atom is -0.465 e. The fourth-order valence-electron chi connectivity index (χ4n) is 1.01. The molecule has 0 saturated carbocycles. The van der Waals surface area contributed by atoms with Gasteiger partial charge >= 0.3 is 5.97 Å². The van der Waals surface area contributed by atoms with Crippen LogP contribution in [-0.4, -0.2) is 28.3 Å². The van der Waals surface area contributed by atoms with Crippen molar-refractivity contribution in [2.75, 3.05) is 7.11 Å². The number of ether oxygens (including phenoxy) is 1. The van der Waals surface area contributed by atoms with Crippen molar-refractivity contribution in [3.63, 3.8) is 0 Å². The molecule has 16 heavy (non-hydrogen) atoms. The molecule has 1 aromatic rings. The summed E-state index contributed by atoms with van der Waals surface area (Å²) < 4.78 is 4.45. The van der Waals surface area contributed by atoms with Gasteiger partial charge in [0.1, 0.15) is 11.4 Å². The number of carbonyl (C=O) groups excluding carboxylic acids is 1. The van der Waals surface area contributed by atoms with Gasteiger partial charge in [-0.3, -0.25) is 4.79 Å². The average molecular weight is 242 g/mol. The van der Waals surface area contributed by atoms with Gasteiger partial charge in [0.05, 0.1) is 12.9 Å². The Morgan fingerprint density at radius 2 is 2.31 bits per heavy atom. The van der Waals surface area contributed by atoms with Gasteiger partial charge in [-0.05, 0) is 5.25 Å². The van der Waals surface area contributed by atoms with Crippen molar-refractivity contribution < 1.29 is 9.53 Å². The van der Waals surface area contributed by atoms with E-state index in [1.807, 2.05) is 0 Å². The Labute approximate surface area is 97.6 Å². The maximum atomic E-state index is 11.5. The third-order valence-corrected chi connectivity index (χ3v) is 2.92. The van der Waals surface area contributed by atoms with Crippen LogP contribution in [0.2, 0.25) is 0 Å². The third-order valence-electron chi connectivity index (χ3n) is 1.81. The lowest BCUT2D eigenvalue weighted by Gasteiger charge is -2.04. The number of nitrogens with one attached hydrogen (secondary N) is 1. The molecule has 5 nitrogen and oxygen atoms in total. The van der Waals surface area contributed by atoms with Crippen LogP contribution in [0.15, 0.2) is 11.0 Å². The Morgan fingerprint density at radius 3 is 2.81 bits per heavy atom. The van der Waals surface area contributed by atoms with E-state index >= 15 is 0 Å². The van der Waals surface area contributed by atoms with Crippen molar-refractivity contribution >= 4 is 17.7 Å². The summed E-state index contributed by atoms with van der Waals surface area (Å²) >= 11 is 1.66. The van der Waals surface area contributed by atoms with Gasteiger partial charge in [0, 0.05) is 6.20 Å². The second-order valence-corrected chi connectivity index (χ2v) is 4.99. The molecule has 0 aliphatic heterocycles. The molecule has 1 aromatic heterocycles. The van der Waals surface area contributed by atoms with Crippen LogP contribution in [0.3, 0.4) is 0 Å². The molecule has 0 aromatic carbocycles. The van der Waals surface area contributed by atoms with E-state index in [2.05, 4.69) is 28.6 Å². The molecule has 0 atom stereocenters. The summed E-state index contributed by atoms with van der Waals surface area (Å²) in [5.74, 6) is 0.516. The van der Waals surface area contributed by atoms with E-state index in [4.69, 9.17) is 0 Å². The highest BCUT2D eigenvalue weighted by Crippen LogP contribution is 2.13. The lowest BCUT2D eigenvalue weighted by atomic mass is 10.3. The van der Waals surface area contributed by atoms with Crippen LogP contribution >= 0.6 is 11.8 Å². The van der Waals surface area contributed by atoms with E-state index in [1.165, 1.54) is 13.3 Å². The monoisotopic (exact) mass is 242 g/mol. The van der Waals surface area contributed by atoms with Gasteiger partial charge in [-0.25, -0.2) is 9.78 Å². The van der Waals surface area contributed by atoms with Gasteiger partial charge in [0.25, 0.3) is 5.56 Å². The molecular weight excluding hydrogens is 228 g/mol. The Balaban J connectivity index is 2.83. The van der Waals surface area contributed by atoms with Crippen molar-refractivity contribution in [1.82, 2.24) is 9.97 Å². The van der Waals surface area contributed by atoms with Gasteiger partial charge in [-0.2, -0.15) is 11.8 Å². The largest absolute Gasteiger partial charge is 0.465 e. The summed E-state index contributed by atoms with van der Waals surface area (Å²) in [6.07, 6.45) is 1.25. The number of methoxy groups -OCH3 is 1. The van der Waals surface area contributed by atoms with Crippen LogP contribution in [0.5, 0.6) is 0 Å². The molecule has 0 amide bonds. The molecule has 0 saturated heterocycles. The summed E-state index contributed by atoms with van der Waals surface area (Å²) in [6, 6.07) is 0. The molecule has 0 bridgehead atoms. The predicted octanol–water partition coefficient (Wildman–Crippen LogP) is 1.20. The lowest BCUT2D eigenvalue weighted by molar-refractivity contribution is 0.0598. The first-order valence-electron chi connectivity index (χ1n) is 4.82. The van der Waals surface area contributed by atoms with Crippen molar-refractivity contribution in [2.45, 2.75) is 24.9 Å². The molecule has 88 valence electrons. The first-order valence-corrected chi connectivity index (χ1v) is 5.87. The summed E-state index contributed by atoms with van der Waals surface area (Å²) in [4.78, 5) is 29.2. The van der Waals surface area contributed by atoms with Crippen molar-refractivity contribution in [3.8, 4) is 0 Å². The Hall–Kier alpha value is -1.30. The van der Waals surface area contributed by atoms with Crippen molar-refractivity contribution in [1.29, 1.82) is 0 Å². The first kappa shape index (κ1) is 12.8. The number of aromatic amines is 1.